The molecular formula is C12H23N2+. The van der Waals surface area contributed by atoms with E-state index in [1.54, 1.807) is 0 Å². The second-order valence-corrected chi connectivity index (χ2v) is 4.71. The van der Waals surface area contributed by atoms with E-state index in [1.165, 1.54) is 58.0 Å². The molecule has 2 radical (unpaired) electrons. The molecule has 3 saturated heterocycles. The zero-order valence-corrected chi connectivity index (χ0v) is 9.25. The van der Waals surface area contributed by atoms with E-state index in [2.05, 4.69) is 10.2 Å². The molecule has 0 saturated carbocycles. The number of fused-ring (bicyclic) bond motifs is 1. The van der Waals surface area contributed by atoms with Gasteiger partial charge in [-0.15, -0.1) is 0 Å². The summed E-state index contributed by atoms with van der Waals surface area (Å²) in [6.07, 6.45) is 9.91. The second-order valence-electron chi connectivity index (χ2n) is 4.71. The molecule has 1 unspecified atom stereocenters. The fourth-order valence-corrected chi connectivity index (χ4v) is 2.56. The molecule has 0 amide bonds. The summed E-state index contributed by atoms with van der Waals surface area (Å²) in [5.74, 6) is 0. The van der Waals surface area contributed by atoms with Gasteiger partial charge in [-0.3, -0.25) is 0 Å². The Hall–Kier alpha value is -0.0800. The SMILES string of the molecule is C1CC2CC[N+]2C1.C1CCC[N]CC1. The molecule has 3 aliphatic rings. The fraction of sp³-hybridized carbons (Fsp3) is 1.00. The van der Waals surface area contributed by atoms with Crippen molar-refractivity contribution in [2.24, 2.45) is 0 Å². The first-order valence-electron chi connectivity index (χ1n) is 6.34. The van der Waals surface area contributed by atoms with Gasteiger partial charge in [-0.1, -0.05) is 12.8 Å². The Morgan fingerprint density at radius 3 is 2.00 bits per heavy atom. The maximum atomic E-state index is 4.27. The van der Waals surface area contributed by atoms with Crippen molar-refractivity contribution < 1.29 is 0 Å². The first kappa shape index (κ1) is 10.4. The molecule has 0 aromatic heterocycles. The van der Waals surface area contributed by atoms with Gasteiger partial charge in [0.25, 0.3) is 0 Å². The van der Waals surface area contributed by atoms with Crippen LogP contribution in [0.5, 0.6) is 0 Å². The molecule has 3 heterocycles. The smallest absolute Gasteiger partial charge is 0.138 e. The molecule has 3 fully saturated rings. The van der Waals surface area contributed by atoms with Crippen molar-refractivity contribution in [1.82, 2.24) is 10.2 Å². The predicted molar refractivity (Wildman–Crippen MR) is 59.8 cm³/mol. The number of rotatable bonds is 0. The lowest BCUT2D eigenvalue weighted by atomic mass is 10.1. The Balaban J connectivity index is 0.000000107. The van der Waals surface area contributed by atoms with Gasteiger partial charge in [-0.05, 0) is 12.8 Å². The van der Waals surface area contributed by atoms with Gasteiger partial charge in [0.2, 0.25) is 0 Å². The van der Waals surface area contributed by atoms with Crippen LogP contribution in [0.25, 0.3) is 0 Å². The van der Waals surface area contributed by atoms with Crippen LogP contribution in [0.4, 0.5) is 0 Å². The van der Waals surface area contributed by atoms with Crippen LogP contribution in [0.1, 0.15) is 44.9 Å². The summed E-state index contributed by atoms with van der Waals surface area (Å²) in [6.45, 7) is 5.04. The normalized spacial score (nSPS) is 32.1. The quantitative estimate of drug-likeness (QED) is 0.526. The predicted octanol–water partition coefficient (Wildman–Crippen LogP) is 1.86. The highest BCUT2D eigenvalue weighted by molar-refractivity contribution is 4.92. The number of hydrogen-bond acceptors (Lipinski definition) is 1. The summed E-state index contributed by atoms with van der Waals surface area (Å²) in [6, 6.07) is 1.03. The average molecular weight is 195 g/mol. The van der Waals surface area contributed by atoms with E-state index < -0.39 is 0 Å². The third-order valence-corrected chi connectivity index (χ3v) is 3.63. The van der Waals surface area contributed by atoms with Crippen molar-refractivity contribution in [1.29, 1.82) is 0 Å². The minimum absolute atomic E-state index is 1.03. The zero-order chi connectivity index (χ0) is 9.64. The molecule has 2 heteroatoms. The van der Waals surface area contributed by atoms with Gasteiger partial charge in [0.1, 0.15) is 19.1 Å². The van der Waals surface area contributed by atoms with Gasteiger partial charge in [0.15, 0.2) is 0 Å². The summed E-state index contributed by atoms with van der Waals surface area (Å²) in [5.41, 5.74) is 0. The van der Waals surface area contributed by atoms with Crippen LogP contribution in [0, 0.1) is 0 Å². The molecule has 2 nitrogen and oxygen atoms in total. The lowest BCUT2D eigenvalue weighted by Crippen LogP contribution is -2.47. The van der Waals surface area contributed by atoms with Crippen molar-refractivity contribution in [2.45, 2.75) is 51.0 Å². The molecule has 0 aliphatic carbocycles. The summed E-state index contributed by atoms with van der Waals surface area (Å²) in [7, 11) is 0. The molecule has 0 aromatic rings. The van der Waals surface area contributed by atoms with Crippen LogP contribution in [0.15, 0.2) is 0 Å². The van der Waals surface area contributed by atoms with Crippen molar-refractivity contribution >= 4 is 0 Å². The average Bonchev–Trinajstić information content (AvgIpc) is 2.48. The highest BCUT2D eigenvalue weighted by Gasteiger charge is 2.42. The summed E-state index contributed by atoms with van der Waals surface area (Å²) in [5, 5.41) is 4.27. The first-order chi connectivity index (χ1) is 6.97. The maximum Gasteiger partial charge on any atom is 0.138 e. The molecular weight excluding hydrogens is 172 g/mol. The van der Waals surface area contributed by atoms with Crippen molar-refractivity contribution in [3.8, 4) is 0 Å². The summed E-state index contributed by atoms with van der Waals surface area (Å²) in [4.78, 5) is 2.58. The molecule has 0 spiro atoms. The van der Waals surface area contributed by atoms with Crippen LogP contribution in [-0.4, -0.2) is 32.2 Å². The number of hydrogen-bond donors (Lipinski definition) is 0. The van der Waals surface area contributed by atoms with E-state index in [1.807, 2.05) is 0 Å². The van der Waals surface area contributed by atoms with E-state index in [0.29, 0.717) is 0 Å². The van der Waals surface area contributed by atoms with Crippen LogP contribution < -0.4 is 10.2 Å². The van der Waals surface area contributed by atoms with E-state index >= 15 is 0 Å². The Labute approximate surface area is 88.1 Å². The van der Waals surface area contributed by atoms with Crippen LogP contribution >= 0.6 is 0 Å². The fourth-order valence-electron chi connectivity index (χ4n) is 2.56. The standard InChI is InChI=1S/C6H11N.C6H12N/c1-2-6-3-5-7(6)4-1;1-2-4-6-7-5-3-1/h6H,1-5H2;1-6H2/q+1;. The van der Waals surface area contributed by atoms with Crippen molar-refractivity contribution in [3.05, 3.63) is 0 Å². The Bertz CT molecular complexity index is 129. The largest absolute Gasteiger partial charge is 0.242 e. The molecule has 80 valence electrons. The zero-order valence-electron chi connectivity index (χ0n) is 9.25. The van der Waals surface area contributed by atoms with E-state index in [4.69, 9.17) is 0 Å². The van der Waals surface area contributed by atoms with Crippen LogP contribution in [0.3, 0.4) is 0 Å². The summed E-state index contributed by atoms with van der Waals surface area (Å²) < 4.78 is 0. The van der Waals surface area contributed by atoms with Gasteiger partial charge in [0, 0.05) is 25.9 Å². The first-order valence-corrected chi connectivity index (χ1v) is 6.34. The van der Waals surface area contributed by atoms with Crippen LogP contribution in [0.2, 0.25) is 0 Å². The topological polar surface area (TPSA) is 20.0 Å². The van der Waals surface area contributed by atoms with Gasteiger partial charge in [-0.25, -0.2) is 5.32 Å². The highest BCUT2D eigenvalue weighted by atomic mass is 15.2. The lowest BCUT2D eigenvalue weighted by Gasteiger charge is -2.22. The molecule has 0 bridgehead atoms. The minimum Gasteiger partial charge on any atom is -0.242 e. The van der Waals surface area contributed by atoms with Gasteiger partial charge in [-0.2, -0.15) is 4.90 Å². The molecule has 0 N–H and O–H groups in total. The lowest BCUT2D eigenvalue weighted by molar-refractivity contribution is 0.255. The van der Waals surface area contributed by atoms with Crippen LogP contribution in [-0.2, 0) is 0 Å². The van der Waals surface area contributed by atoms with E-state index in [0.717, 1.165) is 19.1 Å². The van der Waals surface area contributed by atoms with Crippen molar-refractivity contribution in [3.63, 3.8) is 0 Å². The molecule has 1 atom stereocenters. The highest BCUT2D eigenvalue weighted by Crippen LogP contribution is 2.24. The Kier molecular flexibility index (Phi) is 4.26. The Morgan fingerprint density at radius 1 is 0.786 bits per heavy atom. The Morgan fingerprint density at radius 2 is 1.57 bits per heavy atom. The molecule has 0 aromatic carbocycles. The number of nitrogens with zero attached hydrogens (tertiary/aromatic N) is 2. The summed E-state index contributed by atoms with van der Waals surface area (Å²) >= 11 is 0. The van der Waals surface area contributed by atoms with Gasteiger partial charge >= 0.3 is 0 Å². The van der Waals surface area contributed by atoms with Crippen molar-refractivity contribution in [2.75, 3.05) is 26.2 Å². The van der Waals surface area contributed by atoms with Gasteiger partial charge in [0.05, 0.1) is 6.42 Å². The van der Waals surface area contributed by atoms with E-state index in [-0.39, 0.29) is 0 Å². The molecule has 14 heavy (non-hydrogen) atoms. The minimum atomic E-state index is 1.03. The molecule has 3 rings (SSSR count). The third-order valence-electron chi connectivity index (χ3n) is 3.63. The third kappa shape index (κ3) is 2.96. The van der Waals surface area contributed by atoms with Gasteiger partial charge < -0.3 is 0 Å². The van der Waals surface area contributed by atoms with E-state index in [9.17, 15) is 0 Å². The molecule has 3 aliphatic heterocycles. The monoisotopic (exact) mass is 195 g/mol. The maximum absolute atomic E-state index is 4.27. The second kappa shape index (κ2) is 5.72.